The van der Waals surface area contributed by atoms with E-state index in [1.165, 1.54) is 23.9 Å². The van der Waals surface area contributed by atoms with Crippen LogP contribution in [0, 0.1) is 19.7 Å². The van der Waals surface area contributed by atoms with Crippen LogP contribution < -0.4 is 5.32 Å². The highest BCUT2D eigenvalue weighted by atomic mass is 32.2. The number of rotatable bonds is 5. The molecule has 0 fully saturated rings. The van der Waals surface area contributed by atoms with Gasteiger partial charge in [-0.05, 0) is 31.5 Å². The molecule has 0 aliphatic heterocycles. The molecule has 0 aliphatic rings. The highest BCUT2D eigenvalue weighted by Gasteiger charge is 2.09. The average Bonchev–Trinajstić information content (AvgIpc) is 2.75. The summed E-state index contributed by atoms with van der Waals surface area (Å²) in [5, 5.41) is 9.78. The van der Waals surface area contributed by atoms with E-state index < -0.39 is 0 Å². The predicted molar refractivity (Wildman–Crippen MR) is 77.0 cm³/mol. The van der Waals surface area contributed by atoms with Crippen LogP contribution in [0.3, 0.4) is 0 Å². The number of aryl methyl sites for hydroxylation is 2. The number of benzene rings is 1. The van der Waals surface area contributed by atoms with Crippen molar-refractivity contribution in [1.29, 1.82) is 0 Å². The Kier molecular flexibility index (Phi) is 4.79. The number of thioether (sulfide) groups is 1. The van der Waals surface area contributed by atoms with Crippen LogP contribution in [0.25, 0.3) is 0 Å². The van der Waals surface area contributed by atoms with E-state index in [1.54, 1.807) is 12.1 Å². The molecule has 0 spiro atoms. The summed E-state index contributed by atoms with van der Waals surface area (Å²) in [5.74, 6) is 0.00319. The zero-order chi connectivity index (χ0) is 14.5. The number of aromatic amines is 1. The van der Waals surface area contributed by atoms with Gasteiger partial charge in [-0.3, -0.25) is 9.89 Å². The summed E-state index contributed by atoms with van der Waals surface area (Å²) < 4.78 is 12.7. The number of nitrogens with one attached hydrogen (secondary N) is 2. The minimum atomic E-state index is -0.276. The van der Waals surface area contributed by atoms with E-state index in [0.29, 0.717) is 12.3 Å². The molecule has 0 atom stereocenters. The Morgan fingerprint density at radius 1 is 1.35 bits per heavy atom. The van der Waals surface area contributed by atoms with Gasteiger partial charge in [0.1, 0.15) is 5.82 Å². The van der Waals surface area contributed by atoms with Crippen molar-refractivity contribution in [3.8, 4) is 0 Å². The molecule has 0 aliphatic carbocycles. The molecule has 1 aromatic heterocycles. The zero-order valence-electron chi connectivity index (χ0n) is 11.4. The minimum Gasteiger partial charge on any atom is -0.351 e. The van der Waals surface area contributed by atoms with E-state index >= 15 is 0 Å². The van der Waals surface area contributed by atoms with Gasteiger partial charge in [0.05, 0.1) is 16.3 Å². The third kappa shape index (κ3) is 3.84. The molecule has 1 heterocycles. The van der Waals surface area contributed by atoms with Crippen molar-refractivity contribution in [2.75, 3.05) is 5.75 Å². The molecule has 20 heavy (non-hydrogen) atoms. The monoisotopic (exact) mass is 293 g/mol. The SMILES string of the molecule is Cc1n[nH]c(C)c1SCC(=O)NCc1ccc(F)cc1. The average molecular weight is 293 g/mol. The molecule has 106 valence electrons. The van der Waals surface area contributed by atoms with Crippen LogP contribution in [0.5, 0.6) is 0 Å². The smallest absolute Gasteiger partial charge is 0.230 e. The number of hydrogen-bond acceptors (Lipinski definition) is 3. The van der Waals surface area contributed by atoms with Crippen LogP contribution in [-0.2, 0) is 11.3 Å². The van der Waals surface area contributed by atoms with Gasteiger partial charge in [0.25, 0.3) is 0 Å². The highest BCUT2D eigenvalue weighted by molar-refractivity contribution is 8.00. The molecule has 0 radical (unpaired) electrons. The van der Waals surface area contributed by atoms with Crippen molar-refractivity contribution in [2.24, 2.45) is 0 Å². The summed E-state index contributed by atoms with van der Waals surface area (Å²) >= 11 is 1.46. The lowest BCUT2D eigenvalue weighted by Crippen LogP contribution is -2.24. The van der Waals surface area contributed by atoms with Crippen LogP contribution >= 0.6 is 11.8 Å². The van der Waals surface area contributed by atoms with Crippen LogP contribution in [0.1, 0.15) is 17.0 Å². The van der Waals surface area contributed by atoms with Crippen molar-refractivity contribution in [3.63, 3.8) is 0 Å². The van der Waals surface area contributed by atoms with Gasteiger partial charge in [-0.25, -0.2) is 4.39 Å². The van der Waals surface area contributed by atoms with Crippen LogP contribution in [-0.4, -0.2) is 21.9 Å². The molecular weight excluding hydrogens is 277 g/mol. The lowest BCUT2D eigenvalue weighted by Gasteiger charge is -2.05. The molecule has 0 saturated heterocycles. The number of H-pyrrole nitrogens is 1. The first-order valence-corrected chi connectivity index (χ1v) is 7.20. The third-order valence-corrected chi connectivity index (χ3v) is 4.11. The number of nitrogens with zero attached hydrogens (tertiary/aromatic N) is 1. The molecule has 2 N–H and O–H groups in total. The summed E-state index contributed by atoms with van der Waals surface area (Å²) in [5.41, 5.74) is 2.75. The molecule has 2 aromatic rings. The van der Waals surface area contributed by atoms with Crippen molar-refractivity contribution in [3.05, 3.63) is 47.0 Å². The zero-order valence-corrected chi connectivity index (χ0v) is 12.2. The first-order chi connectivity index (χ1) is 9.56. The molecule has 1 aromatic carbocycles. The van der Waals surface area contributed by atoms with Gasteiger partial charge in [-0.1, -0.05) is 12.1 Å². The van der Waals surface area contributed by atoms with Crippen molar-refractivity contribution in [1.82, 2.24) is 15.5 Å². The van der Waals surface area contributed by atoms with Gasteiger partial charge in [0.2, 0.25) is 5.91 Å². The predicted octanol–water partition coefficient (Wildman–Crippen LogP) is 2.57. The van der Waals surface area contributed by atoms with E-state index in [2.05, 4.69) is 15.5 Å². The molecule has 0 bridgehead atoms. The van der Waals surface area contributed by atoms with Crippen LogP contribution in [0.2, 0.25) is 0 Å². The standard InChI is InChI=1S/C14H16FN3OS/c1-9-14(10(2)18-17-9)20-8-13(19)16-7-11-3-5-12(15)6-4-11/h3-6H,7-8H2,1-2H3,(H,16,19)(H,17,18). The summed E-state index contributed by atoms with van der Waals surface area (Å²) in [4.78, 5) is 12.8. The molecule has 1 amide bonds. The van der Waals surface area contributed by atoms with Gasteiger partial charge in [0.15, 0.2) is 0 Å². The quantitative estimate of drug-likeness (QED) is 0.833. The Hall–Kier alpha value is -1.82. The van der Waals surface area contributed by atoms with Gasteiger partial charge in [-0.2, -0.15) is 5.10 Å². The van der Waals surface area contributed by atoms with Crippen molar-refractivity contribution >= 4 is 17.7 Å². The molecule has 4 nitrogen and oxygen atoms in total. The maximum atomic E-state index is 12.7. The maximum Gasteiger partial charge on any atom is 0.230 e. The Morgan fingerprint density at radius 3 is 2.65 bits per heavy atom. The largest absolute Gasteiger partial charge is 0.351 e. The van der Waals surface area contributed by atoms with Crippen molar-refractivity contribution in [2.45, 2.75) is 25.3 Å². The first kappa shape index (κ1) is 14.6. The van der Waals surface area contributed by atoms with E-state index in [1.807, 2.05) is 13.8 Å². The fourth-order valence-electron chi connectivity index (χ4n) is 1.74. The van der Waals surface area contributed by atoms with Crippen molar-refractivity contribution < 1.29 is 9.18 Å². The number of aromatic nitrogens is 2. The van der Waals surface area contributed by atoms with Gasteiger partial charge in [-0.15, -0.1) is 11.8 Å². The molecule has 0 unspecified atom stereocenters. The Balaban J connectivity index is 1.80. The molecular formula is C14H16FN3OS. The summed E-state index contributed by atoms with van der Waals surface area (Å²) in [6.45, 7) is 4.24. The van der Waals surface area contributed by atoms with E-state index in [0.717, 1.165) is 21.8 Å². The van der Waals surface area contributed by atoms with Crippen LogP contribution in [0.15, 0.2) is 29.2 Å². The topological polar surface area (TPSA) is 57.8 Å². The number of carbonyl (C=O) groups is 1. The second kappa shape index (κ2) is 6.56. The van der Waals surface area contributed by atoms with Gasteiger partial charge >= 0.3 is 0 Å². The van der Waals surface area contributed by atoms with E-state index in [9.17, 15) is 9.18 Å². The molecule has 6 heteroatoms. The fourth-order valence-corrected chi connectivity index (χ4v) is 2.64. The summed E-state index contributed by atoms with van der Waals surface area (Å²) in [6.07, 6.45) is 0. The highest BCUT2D eigenvalue weighted by Crippen LogP contribution is 2.23. The first-order valence-electron chi connectivity index (χ1n) is 6.22. The fraction of sp³-hybridized carbons (Fsp3) is 0.286. The number of hydrogen-bond donors (Lipinski definition) is 2. The maximum absolute atomic E-state index is 12.7. The number of halogens is 1. The summed E-state index contributed by atoms with van der Waals surface area (Å²) in [7, 11) is 0. The van der Waals surface area contributed by atoms with Gasteiger partial charge < -0.3 is 5.32 Å². The third-order valence-electron chi connectivity index (χ3n) is 2.81. The van der Waals surface area contributed by atoms with E-state index in [4.69, 9.17) is 0 Å². The molecule has 0 saturated carbocycles. The Bertz CT molecular complexity index is 575. The molecule has 2 rings (SSSR count). The lowest BCUT2D eigenvalue weighted by atomic mass is 10.2. The second-order valence-electron chi connectivity index (χ2n) is 4.46. The van der Waals surface area contributed by atoms with Crippen LogP contribution in [0.4, 0.5) is 4.39 Å². The lowest BCUT2D eigenvalue weighted by molar-refractivity contribution is -0.118. The number of carbonyl (C=O) groups excluding carboxylic acids is 1. The normalized spacial score (nSPS) is 10.6. The number of amides is 1. The van der Waals surface area contributed by atoms with Gasteiger partial charge in [0, 0.05) is 12.2 Å². The van der Waals surface area contributed by atoms with E-state index in [-0.39, 0.29) is 11.7 Å². The minimum absolute atomic E-state index is 0.0562. The Morgan fingerprint density at radius 2 is 2.05 bits per heavy atom. The second-order valence-corrected chi connectivity index (χ2v) is 5.44. The Labute approximate surface area is 121 Å². The summed E-state index contributed by atoms with van der Waals surface area (Å²) in [6, 6.07) is 6.09.